The van der Waals surface area contributed by atoms with E-state index in [1.54, 1.807) is 6.20 Å². The largest absolute Gasteiger partial charge is 0.346 e. The van der Waals surface area contributed by atoms with Crippen LogP contribution in [0.3, 0.4) is 0 Å². The maximum Gasteiger partial charge on any atom is 0.222 e. The van der Waals surface area contributed by atoms with Crippen molar-refractivity contribution in [2.45, 2.75) is 57.9 Å². The van der Waals surface area contributed by atoms with Gasteiger partial charge in [0, 0.05) is 44.0 Å². The number of H-pyrrole nitrogens is 1. The van der Waals surface area contributed by atoms with Crippen LogP contribution < -0.4 is 0 Å². The van der Waals surface area contributed by atoms with Crippen molar-refractivity contribution in [3.63, 3.8) is 0 Å². The molecule has 5 rings (SSSR count). The van der Waals surface area contributed by atoms with E-state index in [9.17, 15) is 4.79 Å². The lowest BCUT2D eigenvalue weighted by Crippen LogP contribution is -2.40. The predicted octanol–water partition coefficient (Wildman–Crippen LogP) is 4.64. The van der Waals surface area contributed by atoms with Crippen LogP contribution in [-0.4, -0.2) is 43.6 Å². The van der Waals surface area contributed by atoms with Crippen LogP contribution in [-0.2, 0) is 11.3 Å². The van der Waals surface area contributed by atoms with Crippen LogP contribution in [0.15, 0.2) is 36.8 Å². The second-order valence-electron chi connectivity index (χ2n) is 9.09. The highest BCUT2D eigenvalue weighted by atomic mass is 16.2. The van der Waals surface area contributed by atoms with Crippen molar-refractivity contribution in [2.24, 2.45) is 11.8 Å². The van der Waals surface area contributed by atoms with E-state index >= 15 is 0 Å². The molecule has 1 N–H and O–H groups in total. The molecule has 6 nitrogen and oxygen atoms in total. The molecule has 4 heterocycles. The lowest BCUT2D eigenvalue weighted by Gasteiger charge is -2.33. The summed E-state index contributed by atoms with van der Waals surface area (Å²) in [5, 5.41) is 6.86. The molecule has 0 atom stereocenters. The van der Waals surface area contributed by atoms with E-state index in [1.807, 2.05) is 6.20 Å². The predicted molar refractivity (Wildman–Crippen MR) is 118 cm³/mol. The molecule has 1 amide bonds. The van der Waals surface area contributed by atoms with Gasteiger partial charge in [0.1, 0.15) is 0 Å². The molecule has 0 spiro atoms. The molecule has 158 valence electrons. The Kier molecular flexibility index (Phi) is 5.56. The van der Waals surface area contributed by atoms with Crippen molar-refractivity contribution in [3.05, 3.63) is 36.8 Å². The van der Waals surface area contributed by atoms with Gasteiger partial charge < -0.3 is 9.47 Å². The highest BCUT2D eigenvalue weighted by molar-refractivity contribution is 5.79. The molecule has 2 aliphatic rings. The Balaban J connectivity index is 1.17. The van der Waals surface area contributed by atoms with Gasteiger partial charge in [0.05, 0.1) is 22.9 Å². The highest BCUT2D eigenvalue weighted by Crippen LogP contribution is 2.29. The van der Waals surface area contributed by atoms with Crippen molar-refractivity contribution in [1.82, 2.24) is 24.6 Å². The number of hydrogen-bond donors (Lipinski definition) is 1. The molecule has 0 radical (unpaired) electrons. The number of rotatable bonds is 5. The molecule has 3 aromatic heterocycles. The van der Waals surface area contributed by atoms with Gasteiger partial charge in [-0.2, -0.15) is 5.10 Å². The summed E-state index contributed by atoms with van der Waals surface area (Å²) in [6, 6.07) is 6.32. The van der Waals surface area contributed by atoms with Crippen LogP contribution in [0.2, 0.25) is 0 Å². The number of fused-ring (bicyclic) bond motifs is 1. The fraction of sp³-hybridized carbons (Fsp3) is 0.542. The summed E-state index contributed by atoms with van der Waals surface area (Å²) >= 11 is 0. The molecular formula is C24H31N5O. The van der Waals surface area contributed by atoms with Crippen LogP contribution in [0.5, 0.6) is 0 Å². The number of carbonyl (C=O) groups is 1. The van der Waals surface area contributed by atoms with Crippen LogP contribution in [0.1, 0.15) is 51.4 Å². The molecule has 3 aromatic rings. The summed E-state index contributed by atoms with van der Waals surface area (Å²) in [6.45, 7) is 2.83. The Morgan fingerprint density at radius 3 is 2.63 bits per heavy atom. The third kappa shape index (κ3) is 4.13. The Morgan fingerprint density at radius 2 is 1.87 bits per heavy atom. The smallest absolute Gasteiger partial charge is 0.222 e. The van der Waals surface area contributed by atoms with Gasteiger partial charge in [-0.05, 0) is 55.7 Å². The first-order chi connectivity index (χ1) is 14.8. The molecule has 1 saturated heterocycles. The molecule has 2 fully saturated rings. The van der Waals surface area contributed by atoms with Crippen molar-refractivity contribution in [2.75, 3.05) is 13.1 Å². The average molecular weight is 406 g/mol. The first-order valence-electron chi connectivity index (χ1n) is 11.5. The maximum atomic E-state index is 12.7. The van der Waals surface area contributed by atoms with Crippen LogP contribution in [0.4, 0.5) is 0 Å². The van der Waals surface area contributed by atoms with E-state index in [-0.39, 0.29) is 0 Å². The second kappa shape index (κ2) is 8.62. The normalized spacial score (nSPS) is 18.9. The monoisotopic (exact) mass is 405 g/mol. The Bertz CT molecular complexity index is 978. The lowest BCUT2D eigenvalue weighted by molar-refractivity contribution is -0.133. The third-order valence-electron chi connectivity index (χ3n) is 7.03. The number of carbonyl (C=O) groups excluding carboxylic acids is 1. The molecule has 0 unspecified atom stereocenters. The number of nitrogens with one attached hydrogen (secondary N) is 1. The van der Waals surface area contributed by atoms with Gasteiger partial charge in [0.15, 0.2) is 0 Å². The van der Waals surface area contributed by atoms with Gasteiger partial charge in [-0.1, -0.05) is 19.3 Å². The number of nitrogens with zero attached hydrogens (tertiary/aromatic N) is 4. The first kappa shape index (κ1) is 19.3. The summed E-state index contributed by atoms with van der Waals surface area (Å²) in [6.07, 6.45) is 15.3. The zero-order chi connectivity index (χ0) is 20.3. The minimum Gasteiger partial charge on any atom is -0.346 e. The SMILES string of the molecule is O=C(CC1CCCCC1)N1CCC(Cn2ccc3nc(-c4cn[nH]c4)ccc32)CC1. The minimum absolute atomic E-state index is 0.391. The summed E-state index contributed by atoms with van der Waals surface area (Å²) in [5.41, 5.74) is 4.15. The van der Waals surface area contributed by atoms with Gasteiger partial charge in [0.2, 0.25) is 5.91 Å². The number of amides is 1. The van der Waals surface area contributed by atoms with E-state index in [1.165, 1.54) is 37.6 Å². The lowest BCUT2D eigenvalue weighted by atomic mass is 9.86. The van der Waals surface area contributed by atoms with Crippen LogP contribution in [0, 0.1) is 11.8 Å². The minimum atomic E-state index is 0.391. The highest BCUT2D eigenvalue weighted by Gasteiger charge is 2.26. The zero-order valence-corrected chi connectivity index (χ0v) is 17.6. The number of hydrogen-bond acceptors (Lipinski definition) is 3. The number of pyridine rings is 1. The first-order valence-corrected chi connectivity index (χ1v) is 11.5. The second-order valence-corrected chi connectivity index (χ2v) is 9.09. The number of aromatic nitrogens is 4. The number of likely N-dealkylation sites (tertiary alicyclic amines) is 1. The standard InChI is InChI=1S/C24H31N5O/c30-24(14-18-4-2-1-3-5-18)28-11-8-19(9-12-28)17-29-13-10-22-23(29)7-6-21(27-22)20-15-25-26-16-20/h6-7,10,13,15-16,18-19H,1-5,8-9,11-12,14,17H2,(H,25,26). The average Bonchev–Trinajstić information content (AvgIpc) is 3.45. The van der Waals surface area contributed by atoms with E-state index < -0.39 is 0 Å². The topological polar surface area (TPSA) is 66.8 Å². The molecule has 30 heavy (non-hydrogen) atoms. The number of piperidine rings is 1. The van der Waals surface area contributed by atoms with Crippen molar-refractivity contribution in [3.8, 4) is 11.3 Å². The molecular weight excluding hydrogens is 374 g/mol. The van der Waals surface area contributed by atoms with Gasteiger partial charge in [-0.3, -0.25) is 9.89 Å². The van der Waals surface area contributed by atoms with Crippen LogP contribution in [0.25, 0.3) is 22.3 Å². The summed E-state index contributed by atoms with van der Waals surface area (Å²) in [4.78, 5) is 19.6. The van der Waals surface area contributed by atoms with Gasteiger partial charge in [-0.15, -0.1) is 0 Å². The van der Waals surface area contributed by atoms with E-state index in [2.05, 4.69) is 44.1 Å². The van der Waals surface area contributed by atoms with Gasteiger partial charge in [-0.25, -0.2) is 4.98 Å². The van der Waals surface area contributed by atoms with E-state index in [4.69, 9.17) is 4.98 Å². The van der Waals surface area contributed by atoms with Crippen molar-refractivity contribution >= 4 is 16.9 Å². The molecule has 1 aliphatic heterocycles. The Labute approximate surface area is 177 Å². The van der Waals surface area contributed by atoms with E-state index in [0.29, 0.717) is 17.7 Å². The van der Waals surface area contributed by atoms with Gasteiger partial charge >= 0.3 is 0 Å². The fourth-order valence-electron chi connectivity index (χ4n) is 5.20. The summed E-state index contributed by atoms with van der Waals surface area (Å²) in [7, 11) is 0. The van der Waals surface area contributed by atoms with Crippen molar-refractivity contribution < 1.29 is 4.79 Å². The molecule has 6 heteroatoms. The third-order valence-corrected chi connectivity index (χ3v) is 7.03. The molecule has 0 aromatic carbocycles. The maximum absolute atomic E-state index is 12.7. The summed E-state index contributed by atoms with van der Waals surface area (Å²) in [5.74, 6) is 1.64. The Hall–Kier alpha value is -2.63. The van der Waals surface area contributed by atoms with E-state index in [0.717, 1.165) is 55.7 Å². The number of aromatic amines is 1. The molecule has 0 bridgehead atoms. The van der Waals surface area contributed by atoms with Crippen LogP contribution >= 0.6 is 0 Å². The van der Waals surface area contributed by atoms with Crippen molar-refractivity contribution in [1.29, 1.82) is 0 Å². The zero-order valence-electron chi connectivity index (χ0n) is 17.6. The Morgan fingerprint density at radius 1 is 1.03 bits per heavy atom. The fourth-order valence-corrected chi connectivity index (χ4v) is 5.20. The van der Waals surface area contributed by atoms with Gasteiger partial charge in [0.25, 0.3) is 0 Å². The summed E-state index contributed by atoms with van der Waals surface area (Å²) < 4.78 is 2.33. The quantitative estimate of drug-likeness (QED) is 0.673. The molecule has 1 aliphatic carbocycles. The molecule has 1 saturated carbocycles.